The van der Waals surface area contributed by atoms with Crippen molar-refractivity contribution in [2.75, 3.05) is 5.32 Å². The molecule has 0 fully saturated rings. The Hall–Kier alpha value is -5.25. The van der Waals surface area contributed by atoms with Crippen molar-refractivity contribution in [2.45, 2.75) is 6.54 Å². The number of benzene rings is 3. The van der Waals surface area contributed by atoms with E-state index in [4.69, 9.17) is 4.42 Å². The maximum absolute atomic E-state index is 12.6. The lowest BCUT2D eigenvalue weighted by Crippen LogP contribution is -2.18. The summed E-state index contributed by atoms with van der Waals surface area (Å²) < 4.78 is 7.29. The number of carbonyl (C=O) groups is 2. The Morgan fingerprint density at radius 3 is 2.61 bits per heavy atom. The summed E-state index contributed by atoms with van der Waals surface area (Å²) in [5, 5.41) is 19.2. The topological polar surface area (TPSA) is 132 Å². The monoisotopic (exact) mass is 481 g/mol. The van der Waals surface area contributed by atoms with Crippen LogP contribution < -0.4 is 10.7 Å². The number of anilines is 1. The summed E-state index contributed by atoms with van der Waals surface area (Å²) in [4.78, 5) is 35.5. The van der Waals surface area contributed by atoms with E-state index in [9.17, 15) is 19.7 Å². The first-order valence-corrected chi connectivity index (χ1v) is 10.9. The van der Waals surface area contributed by atoms with Gasteiger partial charge in [0.2, 0.25) is 5.91 Å². The molecular weight excluding hydrogens is 462 g/mol. The summed E-state index contributed by atoms with van der Waals surface area (Å²) in [6, 6.07) is 22.3. The van der Waals surface area contributed by atoms with Crippen molar-refractivity contribution in [1.82, 2.24) is 9.99 Å². The van der Waals surface area contributed by atoms with Crippen LogP contribution in [0.25, 0.3) is 21.9 Å². The van der Waals surface area contributed by atoms with Gasteiger partial charge < -0.3 is 14.3 Å². The molecule has 0 unspecified atom stereocenters. The molecular formula is C26H19N5O5. The molecule has 0 atom stereocenters. The molecule has 36 heavy (non-hydrogen) atoms. The third-order valence-electron chi connectivity index (χ3n) is 5.50. The summed E-state index contributed by atoms with van der Waals surface area (Å²) in [6.45, 7) is 0.0979. The van der Waals surface area contributed by atoms with Gasteiger partial charge in [-0.2, -0.15) is 5.10 Å². The number of nitrogens with one attached hydrogen (secondary N) is 2. The van der Waals surface area contributed by atoms with Crippen LogP contribution in [-0.4, -0.2) is 27.5 Å². The number of aromatic nitrogens is 1. The van der Waals surface area contributed by atoms with Gasteiger partial charge in [0.05, 0.1) is 11.1 Å². The van der Waals surface area contributed by atoms with E-state index in [1.807, 2.05) is 59.2 Å². The molecule has 2 aromatic heterocycles. The smallest absolute Gasteiger partial charge is 0.307 e. The van der Waals surface area contributed by atoms with Crippen molar-refractivity contribution in [3.63, 3.8) is 0 Å². The minimum absolute atomic E-state index is 0.0253. The third kappa shape index (κ3) is 4.68. The van der Waals surface area contributed by atoms with Crippen LogP contribution in [0.3, 0.4) is 0 Å². The Morgan fingerprint density at radius 2 is 1.81 bits per heavy atom. The van der Waals surface area contributed by atoms with Crippen molar-refractivity contribution in [3.05, 3.63) is 106 Å². The molecule has 0 bridgehead atoms. The predicted molar refractivity (Wildman–Crippen MR) is 135 cm³/mol. The highest BCUT2D eigenvalue weighted by atomic mass is 16.6. The van der Waals surface area contributed by atoms with E-state index >= 15 is 0 Å². The Kier molecular flexibility index (Phi) is 5.98. The number of hydrogen-bond donors (Lipinski definition) is 2. The molecule has 178 valence electrons. The van der Waals surface area contributed by atoms with Crippen LogP contribution in [0.15, 0.2) is 94.6 Å². The molecule has 0 saturated carbocycles. The highest BCUT2D eigenvalue weighted by molar-refractivity contribution is 6.02. The van der Waals surface area contributed by atoms with Crippen LogP contribution in [0, 0.1) is 10.1 Å². The van der Waals surface area contributed by atoms with Crippen LogP contribution in [0.4, 0.5) is 11.4 Å². The minimum Gasteiger partial charge on any atom is -0.451 e. The van der Waals surface area contributed by atoms with Gasteiger partial charge in [0, 0.05) is 45.9 Å². The summed E-state index contributed by atoms with van der Waals surface area (Å²) in [5.74, 6) is -0.803. The number of fused-ring (bicyclic) bond motifs is 2. The third-order valence-corrected chi connectivity index (χ3v) is 5.50. The predicted octanol–water partition coefficient (Wildman–Crippen LogP) is 4.70. The second kappa shape index (κ2) is 9.55. The van der Waals surface area contributed by atoms with E-state index < -0.39 is 10.8 Å². The minimum atomic E-state index is -0.601. The van der Waals surface area contributed by atoms with Crippen LogP contribution in [0.2, 0.25) is 0 Å². The molecule has 10 nitrogen and oxygen atoms in total. The molecule has 0 aliphatic heterocycles. The number of non-ortho nitro benzene ring substituents is 1. The largest absolute Gasteiger partial charge is 0.451 e. The number of amides is 2. The van der Waals surface area contributed by atoms with Crippen molar-refractivity contribution < 1.29 is 18.9 Å². The second-order valence-corrected chi connectivity index (χ2v) is 7.93. The molecule has 2 N–H and O–H groups in total. The average Bonchev–Trinajstić information content (AvgIpc) is 3.46. The molecule has 5 rings (SSSR count). The standard InChI is InChI=1S/C26H19N5O5/c32-25(28-19-6-2-1-3-7-19)16-30-15-18(21-8-4-5-9-22(21)30)14-27-29-26(33)24-13-17-12-20(31(34)35)10-11-23(17)36-24/h1-15H,16H2,(H,28,32)(H,29,33)/b27-14-. The molecule has 2 amide bonds. The number of para-hydroxylation sites is 2. The van der Waals surface area contributed by atoms with Gasteiger partial charge in [0.1, 0.15) is 12.1 Å². The van der Waals surface area contributed by atoms with E-state index in [1.54, 1.807) is 6.20 Å². The van der Waals surface area contributed by atoms with E-state index in [0.717, 1.165) is 10.9 Å². The molecule has 0 aliphatic carbocycles. The molecule has 0 radical (unpaired) electrons. The van der Waals surface area contributed by atoms with E-state index in [2.05, 4.69) is 15.8 Å². The van der Waals surface area contributed by atoms with Crippen LogP contribution in [0.5, 0.6) is 0 Å². The molecule has 0 saturated heterocycles. The van der Waals surface area contributed by atoms with Gasteiger partial charge in [-0.1, -0.05) is 36.4 Å². The molecule has 0 spiro atoms. The normalized spacial score (nSPS) is 11.2. The van der Waals surface area contributed by atoms with E-state index in [1.165, 1.54) is 30.5 Å². The van der Waals surface area contributed by atoms with Gasteiger partial charge in [-0.05, 0) is 30.3 Å². The number of nitro benzene ring substituents is 1. The fourth-order valence-electron chi connectivity index (χ4n) is 3.86. The first-order chi connectivity index (χ1) is 17.5. The fraction of sp³-hybridized carbons (Fsp3) is 0.0385. The summed E-state index contributed by atoms with van der Waals surface area (Å²) >= 11 is 0. The van der Waals surface area contributed by atoms with Crippen LogP contribution in [0.1, 0.15) is 16.1 Å². The number of nitrogens with zero attached hydrogens (tertiary/aromatic N) is 3. The zero-order chi connectivity index (χ0) is 25.1. The SMILES string of the molecule is O=C(Cn1cc(/C=N\NC(=O)c2cc3cc([N+](=O)[O-])ccc3o2)c2ccccc21)Nc1ccccc1. The van der Waals surface area contributed by atoms with Gasteiger partial charge in [0.15, 0.2) is 5.76 Å². The lowest BCUT2D eigenvalue weighted by Gasteiger charge is -2.07. The quantitative estimate of drug-likeness (QED) is 0.198. The van der Waals surface area contributed by atoms with Gasteiger partial charge in [0.25, 0.3) is 5.69 Å². The maximum Gasteiger partial charge on any atom is 0.307 e. The van der Waals surface area contributed by atoms with Crippen molar-refractivity contribution >= 4 is 51.3 Å². The molecule has 2 heterocycles. The van der Waals surface area contributed by atoms with Gasteiger partial charge >= 0.3 is 5.91 Å². The molecule has 3 aromatic carbocycles. The summed E-state index contributed by atoms with van der Waals surface area (Å²) in [6.07, 6.45) is 3.27. The number of hydrogen-bond acceptors (Lipinski definition) is 6. The van der Waals surface area contributed by atoms with E-state index in [-0.39, 0.29) is 23.9 Å². The summed E-state index contributed by atoms with van der Waals surface area (Å²) in [7, 11) is 0. The maximum atomic E-state index is 12.6. The Morgan fingerprint density at radius 1 is 1.03 bits per heavy atom. The number of furan rings is 1. The number of carbonyl (C=O) groups excluding carboxylic acids is 2. The number of nitro groups is 1. The Bertz CT molecular complexity index is 1630. The van der Waals surface area contributed by atoms with Crippen LogP contribution >= 0.6 is 0 Å². The number of hydrazone groups is 1. The molecule has 10 heteroatoms. The van der Waals surface area contributed by atoms with Crippen molar-refractivity contribution in [3.8, 4) is 0 Å². The highest BCUT2D eigenvalue weighted by Crippen LogP contribution is 2.24. The average molecular weight is 481 g/mol. The van der Waals surface area contributed by atoms with Gasteiger partial charge in [-0.3, -0.25) is 19.7 Å². The highest BCUT2D eigenvalue weighted by Gasteiger charge is 2.15. The molecule has 5 aromatic rings. The summed E-state index contributed by atoms with van der Waals surface area (Å²) in [5.41, 5.74) is 4.92. The van der Waals surface area contributed by atoms with Crippen molar-refractivity contribution in [2.24, 2.45) is 5.10 Å². The second-order valence-electron chi connectivity index (χ2n) is 7.93. The lowest BCUT2D eigenvalue weighted by molar-refractivity contribution is -0.384. The first-order valence-electron chi connectivity index (χ1n) is 10.9. The van der Waals surface area contributed by atoms with Gasteiger partial charge in [-0.15, -0.1) is 0 Å². The number of rotatable bonds is 7. The zero-order valence-corrected chi connectivity index (χ0v) is 18.8. The first kappa shape index (κ1) is 22.5. The zero-order valence-electron chi connectivity index (χ0n) is 18.8. The molecule has 0 aliphatic rings. The Labute approximate surface area is 204 Å². The van der Waals surface area contributed by atoms with Gasteiger partial charge in [-0.25, -0.2) is 5.43 Å². The van der Waals surface area contributed by atoms with E-state index in [0.29, 0.717) is 22.2 Å². The Balaban J connectivity index is 1.31. The lowest BCUT2D eigenvalue weighted by atomic mass is 10.2. The fourth-order valence-corrected chi connectivity index (χ4v) is 3.86. The van der Waals surface area contributed by atoms with Crippen LogP contribution in [-0.2, 0) is 11.3 Å². The van der Waals surface area contributed by atoms with Crippen molar-refractivity contribution in [1.29, 1.82) is 0 Å².